The van der Waals surface area contributed by atoms with Crippen LogP contribution >= 0.6 is 0 Å². The average molecular weight is 333 g/mol. The summed E-state index contributed by atoms with van der Waals surface area (Å²) in [5.41, 5.74) is 0.292. The van der Waals surface area contributed by atoms with E-state index in [9.17, 15) is 22.3 Å². The lowest BCUT2D eigenvalue weighted by atomic mass is 10.1. The van der Waals surface area contributed by atoms with Crippen molar-refractivity contribution in [1.29, 1.82) is 0 Å². The third kappa shape index (κ3) is 4.24. The molecule has 1 aromatic carbocycles. The number of nitrogens with zero attached hydrogens (tertiary/aromatic N) is 1. The third-order valence-corrected chi connectivity index (χ3v) is 5.72. The Bertz CT molecular complexity index is 621. The van der Waals surface area contributed by atoms with E-state index in [1.54, 1.807) is 0 Å². The van der Waals surface area contributed by atoms with Crippen LogP contribution in [0.4, 0.5) is 8.78 Å². The summed E-state index contributed by atoms with van der Waals surface area (Å²) in [6.45, 7) is 2.83. The van der Waals surface area contributed by atoms with Gasteiger partial charge in [0.05, 0.1) is 17.6 Å². The van der Waals surface area contributed by atoms with E-state index in [1.807, 2.05) is 11.8 Å². The number of aliphatic hydroxyl groups excluding tert-OH is 1. The number of halogens is 2. The maximum absolute atomic E-state index is 13.2. The molecule has 0 amide bonds. The van der Waals surface area contributed by atoms with E-state index in [1.165, 1.54) is 6.07 Å². The van der Waals surface area contributed by atoms with Gasteiger partial charge in [0, 0.05) is 12.6 Å². The summed E-state index contributed by atoms with van der Waals surface area (Å²) in [5, 5.41) is 10.2. The molecule has 7 heteroatoms. The second-order valence-corrected chi connectivity index (χ2v) is 7.97. The van der Waals surface area contributed by atoms with Gasteiger partial charge in [-0.05, 0) is 37.1 Å². The highest BCUT2D eigenvalue weighted by atomic mass is 32.2. The fourth-order valence-corrected chi connectivity index (χ4v) is 4.58. The second kappa shape index (κ2) is 7.02. The van der Waals surface area contributed by atoms with Crippen LogP contribution in [0, 0.1) is 11.6 Å². The number of hydrogen-bond donors (Lipinski definition) is 1. The van der Waals surface area contributed by atoms with Crippen molar-refractivity contribution in [3.05, 3.63) is 35.4 Å². The Morgan fingerprint density at radius 2 is 2.09 bits per heavy atom. The zero-order valence-corrected chi connectivity index (χ0v) is 13.3. The topological polar surface area (TPSA) is 57.6 Å². The summed E-state index contributed by atoms with van der Waals surface area (Å²) < 4.78 is 49.4. The molecule has 2 atom stereocenters. The van der Waals surface area contributed by atoms with Crippen LogP contribution in [0.5, 0.6) is 0 Å². The molecule has 2 unspecified atom stereocenters. The number of rotatable bonds is 6. The Morgan fingerprint density at radius 1 is 1.36 bits per heavy atom. The second-order valence-electron chi connectivity index (χ2n) is 5.74. The minimum atomic E-state index is -3.00. The quantitative estimate of drug-likeness (QED) is 0.864. The molecular weight excluding hydrogens is 312 g/mol. The third-order valence-electron chi connectivity index (χ3n) is 3.97. The first-order valence-electron chi connectivity index (χ1n) is 7.40. The van der Waals surface area contributed by atoms with Crippen LogP contribution in [0.25, 0.3) is 0 Å². The van der Waals surface area contributed by atoms with Gasteiger partial charge < -0.3 is 5.11 Å². The molecule has 1 aliphatic rings. The SMILES string of the molecule is CCCN(CC(O)c1ccc(F)c(F)c1)C1CCS(=O)(=O)C1. The molecule has 0 bridgehead atoms. The molecule has 0 radical (unpaired) electrons. The fraction of sp³-hybridized carbons (Fsp3) is 0.600. The number of aliphatic hydroxyl groups is 1. The van der Waals surface area contributed by atoms with Crippen LogP contribution < -0.4 is 0 Å². The van der Waals surface area contributed by atoms with Gasteiger partial charge in [0.25, 0.3) is 0 Å². The lowest BCUT2D eigenvalue weighted by Gasteiger charge is -2.29. The van der Waals surface area contributed by atoms with Crippen molar-refractivity contribution < 1.29 is 22.3 Å². The predicted octanol–water partition coefficient (Wildman–Crippen LogP) is 1.90. The molecule has 0 aliphatic carbocycles. The summed E-state index contributed by atoms with van der Waals surface area (Å²) in [6.07, 6.45) is 0.387. The smallest absolute Gasteiger partial charge is 0.159 e. The molecule has 0 aromatic heterocycles. The standard InChI is InChI=1S/C15H21F2NO3S/c1-2-6-18(12-5-7-22(20,21)10-12)9-15(19)11-3-4-13(16)14(17)8-11/h3-4,8,12,15,19H,2,5-7,9-10H2,1H3. The van der Waals surface area contributed by atoms with Gasteiger partial charge in [-0.2, -0.15) is 0 Å². The first-order chi connectivity index (χ1) is 10.3. The summed E-state index contributed by atoms with van der Waals surface area (Å²) >= 11 is 0. The molecule has 124 valence electrons. The van der Waals surface area contributed by atoms with E-state index in [0.29, 0.717) is 18.5 Å². The van der Waals surface area contributed by atoms with Crippen molar-refractivity contribution in [1.82, 2.24) is 4.90 Å². The molecule has 0 saturated carbocycles. The Kier molecular flexibility index (Phi) is 5.52. The minimum Gasteiger partial charge on any atom is -0.387 e. The van der Waals surface area contributed by atoms with Crippen molar-refractivity contribution in [2.45, 2.75) is 31.9 Å². The maximum atomic E-state index is 13.2. The van der Waals surface area contributed by atoms with Crippen molar-refractivity contribution in [2.24, 2.45) is 0 Å². The fourth-order valence-electron chi connectivity index (χ4n) is 2.82. The predicted molar refractivity (Wildman–Crippen MR) is 80.2 cm³/mol. The molecule has 1 N–H and O–H groups in total. The lowest BCUT2D eigenvalue weighted by molar-refractivity contribution is 0.0923. The van der Waals surface area contributed by atoms with Crippen LogP contribution in [0.3, 0.4) is 0 Å². The highest BCUT2D eigenvalue weighted by Crippen LogP contribution is 2.23. The van der Waals surface area contributed by atoms with E-state index >= 15 is 0 Å². The molecular formula is C15H21F2NO3S. The number of hydrogen-bond acceptors (Lipinski definition) is 4. The maximum Gasteiger partial charge on any atom is 0.159 e. The Balaban J connectivity index is 2.08. The van der Waals surface area contributed by atoms with Crippen molar-refractivity contribution in [3.8, 4) is 0 Å². The van der Waals surface area contributed by atoms with Gasteiger partial charge in [-0.25, -0.2) is 17.2 Å². The monoisotopic (exact) mass is 333 g/mol. The average Bonchev–Trinajstić information content (AvgIpc) is 2.81. The van der Waals surface area contributed by atoms with E-state index in [4.69, 9.17) is 0 Å². The zero-order chi connectivity index (χ0) is 16.3. The van der Waals surface area contributed by atoms with Crippen molar-refractivity contribution in [3.63, 3.8) is 0 Å². The Labute approximate surface area is 129 Å². The van der Waals surface area contributed by atoms with Crippen LogP contribution in [0.1, 0.15) is 31.4 Å². The van der Waals surface area contributed by atoms with Crippen LogP contribution in [0.15, 0.2) is 18.2 Å². The van der Waals surface area contributed by atoms with Crippen LogP contribution in [-0.4, -0.2) is 49.1 Å². The van der Waals surface area contributed by atoms with E-state index < -0.39 is 27.6 Å². The van der Waals surface area contributed by atoms with Gasteiger partial charge in [-0.3, -0.25) is 4.90 Å². The highest BCUT2D eigenvalue weighted by molar-refractivity contribution is 7.91. The molecule has 0 spiro atoms. The molecule has 1 saturated heterocycles. The summed E-state index contributed by atoms with van der Waals surface area (Å²) in [5.74, 6) is -1.69. The summed E-state index contributed by atoms with van der Waals surface area (Å²) in [4.78, 5) is 1.93. The van der Waals surface area contributed by atoms with Crippen molar-refractivity contribution in [2.75, 3.05) is 24.6 Å². The van der Waals surface area contributed by atoms with Crippen LogP contribution in [-0.2, 0) is 9.84 Å². The van der Waals surface area contributed by atoms with Gasteiger partial charge in [0.15, 0.2) is 21.5 Å². The molecule has 1 aromatic rings. The number of benzene rings is 1. The van der Waals surface area contributed by atoms with E-state index in [0.717, 1.165) is 18.6 Å². The largest absolute Gasteiger partial charge is 0.387 e. The van der Waals surface area contributed by atoms with Gasteiger partial charge in [-0.15, -0.1) is 0 Å². The van der Waals surface area contributed by atoms with Gasteiger partial charge in [0.2, 0.25) is 0 Å². The lowest BCUT2D eigenvalue weighted by Crippen LogP contribution is -2.39. The highest BCUT2D eigenvalue weighted by Gasteiger charge is 2.32. The van der Waals surface area contributed by atoms with E-state index in [-0.39, 0.29) is 24.1 Å². The van der Waals surface area contributed by atoms with Crippen molar-refractivity contribution >= 4 is 9.84 Å². The first-order valence-corrected chi connectivity index (χ1v) is 9.22. The molecule has 4 nitrogen and oxygen atoms in total. The number of sulfone groups is 1. The van der Waals surface area contributed by atoms with Gasteiger partial charge >= 0.3 is 0 Å². The molecule has 1 heterocycles. The summed E-state index contributed by atoms with van der Waals surface area (Å²) in [7, 11) is -3.00. The molecule has 22 heavy (non-hydrogen) atoms. The minimum absolute atomic E-state index is 0.0947. The first kappa shape index (κ1) is 17.3. The molecule has 2 rings (SSSR count). The molecule has 1 fully saturated rings. The van der Waals surface area contributed by atoms with Crippen LogP contribution in [0.2, 0.25) is 0 Å². The molecule has 1 aliphatic heterocycles. The van der Waals surface area contributed by atoms with E-state index in [2.05, 4.69) is 0 Å². The van der Waals surface area contributed by atoms with Gasteiger partial charge in [0.1, 0.15) is 0 Å². The Hall–Kier alpha value is -1.05. The zero-order valence-electron chi connectivity index (χ0n) is 12.5. The normalized spacial score (nSPS) is 22.1. The summed E-state index contributed by atoms with van der Waals surface area (Å²) in [6, 6.07) is 3.19. The van der Waals surface area contributed by atoms with Gasteiger partial charge in [-0.1, -0.05) is 13.0 Å². The Morgan fingerprint density at radius 3 is 2.64 bits per heavy atom.